The van der Waals surface area contributed by atoms with Crippen molar-refractivity contribution < 1.29 is 9.32 Å². The summed E-state index contributed by atoms with van der Waals surface area (Å²) in [5.41, 5.74) is 2.62. The fourth-order valence-corrected chi connectivity index (χ4v) is 2.93. The van der Waals surface area contributed by atoms with Crippen LogP contribution in [0, 0.1) is 19.8 Å². The number of hydrogen-bond acceptors (Lipinski definition) is 4. The fraction of sp³-hybridized carbons (Fsp3) is 0.533. The number of amides is 1. The maximum Gasteiger partial charge on any atom is 0.258 e. The summed E-state index contributed by atoms with van der Waals surface area (Å²) in [5, 5.41) is 4.68. The van der Waals surface area contributed by atoms with Crippen molar-refractivity contribution >= 4 is 17.0 Å². The van der Waals surface area contributed by atoms with E-state index >= 15 is 0 Å². The highest BCUT2D eigenvalue weighted by Gasteiger charge is 2.25. The first kappa shape index (κ1) is 13.1. The molecule has 3 rings (SSSR count). The SMILES string of the molecule is Cc1cc(C(=O)N2CCCC(C)C2)c2c(C)noc2n1. The van der Waals surface area contributed by atoms with E-state index in [2.05, 4.69) is 17.1 Å². The molecule has 1 aliphatic rings. The van der Waals surface area contributed by atoms with Gasteiger partial charge in [-0.2, -0.15) is 0 Å². The molecule has 0 N–H and O–H groups in total. The van der Waals surface area contributed by atoms with E-state index < -0.39 is 0 Å². The summed E-state index contributed by atoms with van der Waals surface area (Å²) in [6, 6.07) is 1.84. The predicted octanol–water partition coefficient (Wildman–Crippen LogP) is 2.71. The van der Waals surface area contributed by atoms with E-state index in [9.17, 15) is 4.79 Å². The van der Waals surface area contributed by atoms with Crippen LogP contribution in [-0.2, 0) is 0 Å². The lowest BCUT2D eigenvalue weighted by atomic mass is 9.99. The minimum absolute atomic E-state index is 0.0679. The minimum atomic E-state index is 0.0679. The molecule has 0 aliphatic carbocycles. The molecule has 1 aliphatic heterocycles. The number of fused-ring (bicyclic) bond motifs is 1. The van der Waals surface area contributed by atoms with Gasteiger partial charge in [-0.15, -0.1) is 0 Å². The average Bonchev–Trinajstić information content (AvgIpc) is 2.78. The van der Waals surface area contributed by atoms with Gasteiger partial charge in [0.1, 0.15) is 0 Å². The van der Waals surface area contributed by atoms with Crippen molar-refractivity contribution in [3.63, 3.8) is 0 Å². The number of aryl methyl sites for hydroxylation is 2. The summed E-state index contributed by atoms with van der Waals surface area (Å²) >= 11 is 0. The zero-order chi connectivity index (χ0) is 14.3. The highest BCUT2D eigenvalue weighted by atomic mass is 16.5. The third kappa shape index (κ3) is 2.17. The Morgan fingerprint density at radius 1 is 1.45 bits per heavy atom. The maximum absolute atomic E-state index is 12.8. The first-order valence-corrected chi connectivity index (χ1v) is 7.09. The Morgan fingerprint density at radius 2 is 2.25 bits per heavy atom. The fourth-order valence-electron chi connectivity index (χ4n) is 2.93. The van der Waals surface area contributed by atoms with Gasteiger partial charge in [0.15, 0.2) is 0 Å². The van der Waals surface area contributed by atoms with E-state index in [0.717, 1.165) is 36.3 Å². The predicted molar refractivity (Wildman–Crippen MR) is 75.6 cm³/mol. The van der Waals surface area contributed by atoms with Crippen LogP contribution in [0.15, 0.2) is 10.6 Å². The lowest BCUT2D eigenvalue weighted by molar-refractivity contribution is 0.0685. The van der Waals surface area contributed by atoms with Gasteiger partial charge in [0.05, 0.1) is 16.6 Å². The van der Waals surface area contributed by atoms with E-state index in [1.165, 1.54) is 6.42 Å². The normalized spacial score (nSPS) is 19.6. The summed E-state index contributed by atoms with van der Waals surface area (Å²) in [5.74, 6) is 0.632. The van der Waals surface area contributed by atoms with Crippen molar-refractivity contribution in [3.05, 3.63) is 23.0 Å². The van der Waals surface area contributed by atoms with Gasteiger partial charge < -0.3 is 9.42 Å². The van der Waals surface area contributed by atoms with Crippen LogP contribution in [0.5, 0.6) is 0 Å². The van der Waals surface area contributed by atoms with Gasteiger partial charge in [0.25, 0.3) is 11.6 Å². The molecular weight excluding hydrogens is 254 g/mol. The smallest absolute Gasteiger partial charge is 0.258 e. The van der Waals surface area contributed by atoms with Crippen molar-refractivity contribution in [1.82, 2.24) is 15.0 Å². The van der Waals surface area contributed by atoms with Crippen LogP contribution in [0.1, 0.15) is 41.5 Å². The lowest BCUT2D eigenvalue weighted by Crippen LogP contribution is -2.39. The molecule has 0 spiro atoms. The van der Waals surface area contributed by atoms with E-state index in [0.29, 0.717) is 17.2 Å². The molecule has 1 amide bonds. The van der Waals surface area contributed by atoms with Crippen molar-refractivity contribution in [3.8, 4) is 0 Å². The highest BCUT2D eigenvalue weighted by molar-refractivity contribution is 6.06. The number of nitrogens with zero attached hydrogens (tertiary/aromatic N) is 3. The molecule has 0 aromatic carbocycles. The first-order chi connectivity index (χ1) is 9.56. The third-order valence-electron chi connectivity index (χ3n) is 3.92. The molecule has 5 heteroatoms. The maximum atomic E-state index is 12.8. The van der Waals surface area contributed by atoms with Crippen molar-refractivity contribution in [2.75, 3.05) is 13.1 Å². The molecule has 0 saturated carbocycles. The molecule has 1 unspecified atom stereocenters. The summed E-state index contributed by atoms with van der Waals surface area (Å²) in [7, 11) is 0. The van der Waals surface area contributed by atoms with Gasteiger partial charge in [-0.25, -0.2) is 4.98 Å². The van der Waals surface area contributed by atoms with E-state index in [4.69, 9.17) is 4.52 Å². The molecule has 1 fully saturated rings. The Bertz CT molecular complexity index is 662. The molecule has 5 nitrogen and oxygen atoms in total. The van der Waals surface area contributed by atoms with Gasteiger partial charge in [-0.05, 0) is 38.7 Å². The van der Waals surface area contributed by atoms with Gasteiger partial charge in [0.2, 0.25) is 0 Å². The van der Waals surface area contributed by atoms with Crippen LogP contribution in [0.2, 0.25) is 0 Å². The summed E-state index contributed by atoms with van der Waals surface area (Å²) in [6.45, 7) is 7.56. The van der Waals surface area contributed by atoms with Crippen LogP contribution in [0.3, 0.4) is 0 Å². The third-order valence-corrected chi connectivity index (χ3v) is 3.92. The molecule has 20 heavy (non-hydrogen) atoms. The zero-order valence-electron chi connectivity index (χ0n) is 12.1. The van der Waals surface area contributed by atoms with Gasteiger partial charge in [-0.3, -0.25) is 4.79 Å². The summed E-state index contributed by atoms with van der Waals surface area (Å²) < 4.78 is 5.20. The molecule has 2 aromatic heterocycles. The monoisotopic (exact) mass is 273 g/mol. The Kier molecular flexibility index (Phi) is 3.20. The van der Waals surface area contributed by atoms with Gasteiger partial charge in [0, 0.05) is 18.8 Å². The number of carbonyl (C=O) groups is 1. The number of hydrogen-bond donors (Lipinski definition) is 0. The van der Waals surface area contributed by atoms with E-state index in [1.807, 2.05) is 24.8 Å². The molecule has 1 atom stereocenters. The topological polar surface area (TPSA) is 59.2 Å². The van der Waals surface area contributed by atoms with Crippen LogP contribution in [-0.4, -0.2) is 34.0 Å². The Morgan fingerprint density at radius 3 is 3.00 bits per heavy atom. The Balaban J connectivity index is 2.04. The number of aromatic nitrogens is 2. The van der Waals surface area contributed by atoms with Crippen molar-refractivity contribution in [2.45, 2.75) is 33.6 Å². The first-order valence-electron chi connectivity index (χ1n) is 7.09. The second kappa shape index (κ2) is 4.89. The standard InChI is InChI=1S/C15H19N3O2/c1-9-5-4-6-18(8-9)15(19)12-7-10(2)16-14-13(12)11(3)17-20-14/h7,9H,4-6,8H2,1-3H3. The minimum Gasteiger partial charge on any atom is -0.338 e. The molecule has 3 heterocycles. The van der Waals surface area contributed by atoms with Crippen LogP contribution in [0.25, 0.3) is 11.1 Å². The van der Waals surface area contributed by atoms with Gasteiger partial charge >= 0.3 is 0 Å². The molecule has 106 valence electrons. The largest absolute Gasteiger partial charge is 0.338 e. The van der Waals surface area contributed by atoms with E-state index in [1.54, 1.807) is 0 Å². The molecule has 0 bridgehead atoms. The van der Waals surface area contributed by atoms with Crippen LogP contribution >= 0.6 is 0 Å². The Labute approximate surface area is 117 Å². The number of pyridine rings is 1. The number of likely N-dealkylation sites (tertiary alicyclic amines) is 1. The van der Waals surface area contributed by atoms with E-state index in [-0.39, 0.29) is 5.91 Å². The molecule has 2 aromatic rings. The van der Waals surface area contributed by atoms with Crippen molar-refractivity contribution in [2.24, 2.45) is 5.92 Å². The van der Waals surface area contributed by atoms with Crippen molar-refractivity contribution in [1.29, 1.82) is 0 Å². The lowest BCUT2D eigenvalue weighted by Gasteiger charge is -2.31. The molecular formula is C15H19N3O2. The number of piperidine rings is 1. The highest BCUT2D eigenvalue weighted by Crippen LogP contribution is 2.25. The average molecular weight is 273 g/mol. The molecule has 1 saturated heterocycles. The Hall–Kier alpha value is -1.91. The van der Waals surface area contributed by atoms with Crippen LogP contribution in [0.4, 0.5) is 0 Å². The quantitative estimate of drug-likeness (QED) is 0.801. The second-order valence-electron chi connectivity index (χ2n) is 5.76. The number of rotatable bonds is 1. The van der Waals surface area contributed by atoms with Gasteiger partial charge in [-0.1, -0.05) is 12.1 Å². The number of carbonyl (C=O) groups excluding carboxylic acids is 1. The summed E-state index contributed by atoms with van der Waals surface area (Å²) in [4.78, 5) is 19.0. The zero-order valence-corrected chi connectivity index (χ0v) is 12.1. The van der Waals surface area contributed by atoms with Crippen LogP contribution < -0.4 is 0 Å². The summed E-state index contributed by atoms with van der Waals surface area (Å²) in [6.07, 6.45) is 2.27. The second-order valence-corrected chi connectivity index (χ2v) is 5.76. The molecule has 0 radical (unpaired) electrons.